The van der Waals surface area contributed by atoms with Gasteiger partial charge in [0, 0.05) is 0 Å². The summed E-state index contributed by atoms with van der Waals surface area (Å²) >= 11 is 0. The van der Waals surface area contributed by atoms with Crippen LogP contribution in [-0.2, 0) is 10.1 Å². The van der Waals surface area contributed by atoms with Gasteiger partial charge in [0.1, 0.15) is 0 Å². The van der Waals surface area contributed by atoms with E-state index in [-0.39, 0.29) is 6.42 Å². The summed E-state index contributed by atoms with van der Waals surface area (Å²) in [4.78, 5) is 0. The summed E-state index contributed by atoms with van der Waals surface area (Å²) in [5.41, 5.74) is -1.61. The van der Waals surface area contributed by atoms with Crippen molar-refractivity contribution in [2.75, 3.05) is 0 Å². The maximum atomic E-state index is 10.6. The number of hydrogen-bond acceptors (Lipinski definition) is 3. The molecule has 0 aliphatic carbocycles. The zero-order chi connectivity index (χ0) is 17.4. The van der Waals surface area contributed by atoms with Crippen molar-refractivity contribution < 1.29 is 18.1 Å². The van der Waals surface area contributed by atoms with Crippen LogP contribution in [0.4, 0.5) is 0 Å². The summed E-state index contributed by atoms with van der Waals surface area (Å²) in [6, 6.07) is 0. The third-order valence-corrected chi connectivity index (χ3v) is 5.32. The van der Waals surface area contributed by atoms with E-state index >= 15 is 0 Å². The van der Waals surface area contributed by atoms with E-state index in [1.165, 1.54) is 77.0 Å². The first-order chi connectivity index (χ1) is 11.0. The number of aliphatic hydroxyl groups is 1. The number of unbranched alkanes of at least 4 members (excludes halogenated alkanes) is 14. The van der Waals surface area contributed by atoms with Crippen molar-refractivity contribution in [3.8, 4) is 0 Å². The molecular weight excluding hydrogens is 312 g/mol. The van der Waals surface area contributed by atoms with Crippen molar-refractivity contribution >= 4 is 10.1 Å². The van der Waals surface area contributed by atoms with Crippen molar-refractivity contribution in [3.63, 3.8) is 0 Å². The molecule has 0 fully saturated rings. The standard InChI is InChI=1S/C18H38O4S/c1-2-3-4-5-6-7-8-9-10-11-12-13-14-15-16-17-18(19)23(20,21)22/h18-19H,2-17H2,1H3,(H,20,21,22)/t18-/m0/s1. The zero-order valence-corrected chi connectivity index (χ0v) is 15.8. The predicted octanol–water partition coefficient (Wildman–Crippen LogP) is 5.45. The Bertz CT molecular complexity index is 341. The van der Waals surface area contributed by atoms with Gasteiger partial charge in [-0.05, 0) is 12.8 Å². The van der Waals surface area contributed by atoms with Crippen LogP contribution in [0.15, 0.2) is 0 Å². The van der Waals surface area contributed by atoms with Crippen LogP contribution in [0.2, 0.25) is 0 Å². The molecule has 0 saturated heterocycles. The Labute approximate surface area is 143 Å². The fraction of sp³-hybridized carbons (Fsp3) is 1.00. The van der Waals surface area contributed by atoms with Crippen molar-refractivity contribution in [3.05, 3.63) is 0 Å². The van der Waals surface area contributed by atoms with E-state index < -0.39 is 15.6 Å². The smallest absolute Gasteiger partial charge is 0.291 e. The molecule has 140 valence electrons. The minimum atomic E-state index is -4.27. The van der Waals surface area contributed by atoms with Gasteiger partial charge in [0.15, 0.2) is 5.44 Å². The number of aliphatic hydroxyl groups excluding tert-OH is 1. The van der Waals surface area contributed by atoms with E-state index in [0.717, 1.165) is 12.8 Å². The summed E-state index contributed by atoms with van der Waals surface area (Å²) in [5, 5.41) is 9.15. The second-order valence-electron chi connectivity index (χ2n) is 6.71. The van der Waals surface area contributed by atoms with E-state index in [1.54, 1.807) is 0 Å². The van der Waals surface area contributed by atoms with Gasteiger partial charge in [-0.2, -0.15) is 8.42 Å². The molecule has 0 bridgehead atoms. The molecule has 5 heteroatoms. The highest BCUT2D eigenvalue weighted by molar-refractivity contribution is 7.86. The normalized spacial score (nSPS) is 13.3. The first kappa shape index (κ1) is 22.9. The molecule has 0 rings (SSSR count). The summed E-state index contributed by atoms with van der Waals surface area (Å²) in [6.07, 6.45) is 18.9. The van der Waals surface area contributed by atoms with Crippen LogP contribution in [0.1, 0.15) is 110 Å². The SMILES string of the molecule is CCCCCCCCCCCCCCCCC[C@@H](O)S(=O)(=O)O. The lowest BCUT2D eigenvalue weighted by atomic mass is 10.0. The minimum absolute atomic E-state index is 0.136. The molecule has 0 radical (unpaired) electrons. The van der Waals surface area contributed by atoms with E-state index in [9.17, 15) is 8.42 Å². The van der Waals surface area contributed by atoms with Crippen molar-refractivity contribution in [1.29, 1.82) is 0 Å². The monoisotopic (exact) mass is 350 g/mol. The maximum absolute atomic E-state index is 10.6. The summed E-state index contributed by atoms with van der Waals surface area (Å²) in [7, 11) is -4.27. The maximum Gasteiger partial charge on any atom is 0.291 e. The van der Waals surface area contributed by atoms with Gasteiger partial charge in [-0.1, -0.05) is 96.8 Å². The third kappa shape index (κ3) is 16.5. The van der Waals surface area contributed by atoms with Crippen LogP contribution in [0, 0.1) is 0 Å². The summed E-state index contributed by atoms with van der Waals surface area (Å²) in [5.74, 6) is 0. The van der Waals surface area contributed by atoms with Crippen LogP contribution >= 0.6 is 0 Å². The van der Waals surface area contributed by atoms with Gasteiger partial charge in [0.2, 0.25) is 0 Å². The lowest BCUT2D eigenvalue weighted by Crippen LogP contribution is -2.19. The van der Waals surface area contributed by atoms with Crippen LogP contribution in [0.3, 0.4) is 0 Å². The lowest BCUT2D eigenvalue weighted by Gasteiger charge is -2.06. The van der Waals surface area contributed by atoms with Gasteiger partial charge in [-0.25, -0.2) is 0 Å². The molecule has 0 aliphatic rings. The molecule has 0 amide bonds. The molecule has 1 atom stereocenters. The highest BCUT2D eigenvalue weighted by Crippen LogP contribution is 2.14. The molecule has 0 unspecified atom stereocenters. The Morgan fingerprint density at radius 3 is 1.26 bits per heavy atom. The molecule has 0 heterocycles. The highest BCUT2D eigenvalue weighted by atomic mass is 32.2. The van der Waals surface area contributed by atoms with E-state index in [1.807, 2.05) is 0 Å². The largest absolute Gasteiger partial charge is 0.375 e. The molecular formula is C18H38O4S. The van der Waals surface area contributed by atoms with Crippen molar-refractivity contribution in [2.45, 2.75) is 115 Å². The van der Waals surface area contributed by atoms with Gasteiger partial charge < -0.3 is 5.11 Å². The third-order valence-electron chi connectivity index (χ3n) is 4.40. The highest BCUT2D eigenvalue weighted by Gasteiger charge is 2.18. The lowest BCUT2D eigenvalue weighted by molar-refractivity contribution is 0.219. The van der Waals surface area contributed by atoms with Crippen LogP contribution in [0.25, 0.3) is 0 Å². The fourth-order valence-electron chi connectivity index (χ4n) is 2.84. The van der Waals surface area contributed by atoms with Crippen molar-refractivity contribution in [2.24, 2.45) is 0 Å². The van der Waals surface area contributed by atoms with Gasteiger partial charge in [-0.15, -0.1) is 0 Å². The fourth-order valence-corrected chi connectivity index (χ4v) is 3.30. The molecule has 0 saturated carbocycles. The molecule has 0 spiro atoms. The molecule has 0 aliphatic heterocycles. The summed E-state index contributed by atoms with van der Waals surface area (Å²) in [6.45, 7) is 2.25. The van der Waals surface area contributed by atoms with Crippen LogP contribution < -0.4 is 0 Å². The number of rotatable bonds is 17. The molecule has 0 aromatic rings. The molecule has 0 aromatic carbocycles. The second kappa shape index (κ2) is 15.4. The summed E-state index contributed by atoms with van der Waals surface area (Å²) < 4.78 is 29.9. The van der Waals surface area contributed by atoms with E-state index in [4.69, 9.17) is 9.66 Å². The predicted molar refractivity (Wildman–Crippen MR) is 97.1 cm³/mol. The van der Waals surface area contributed by atoms with Crippen molar-refractivity contribution in [1.82, 2.24) is 0 Å². The Hall–Kier alpha value is -0.130. The van der Waals surface area contributed by atoms with Gasteiger partial charge in [0.05, 0.1) is 0 Å². The Morgan fingerprint density at radius 2 is 0.957 bits per heavy atom. The zero-order valence-electron chi connectivity index (χ0n) is 15.0. The Morgan fingerprint density at radius 1 is 0.652 bits per heavy atom. The molecule has 4 nitrogen and oxygen atoms in total. The average Bonchev–Trinajstić information content (AvgIpc) is 2.50. The molecule has 0 aromatic heterocycles. The average molecular weight is 351 g/mol. The molecule has 2 N–H and O–H groups in total. The minimum Gasteiger partial charge on any atom is -0.375 e. The van der Waals surface area contributed by atoms with Crippen LogP contribution in [-0.4, -0.2) is 23.5 Å². The molecule has 23 heavy (non-hydrogen) atoms. The second-order valence-corrected chi connectivity index (χ2v) is 8.28. The first-order valence-electron chi connectivity index (χ1n) is 9.63. The van der Waals surface area contributed by atoms with Crippen LogP contribution in [0.5, 0.6) is 0 Å². The van der Waals surface area contributed by atoms with Gasteiger partial charge in [-0.3, -0.25) is 4.55 Å². The van der Waals surface area contributed by atoms with Gasteiger partial charge in [0.25, 0.3) is 10.1 Å². The van der Waals surface area contributed by atoms with Gasteiger partial charge >= 0.3 is 0 Å². The number of hydrogen-bond donors (Lipinski definition) is 2. The first-order valence-corrected chi connectivity index (χ1v) is 11.1. The van der Waals surface area contributed by atoms with E-state index in [2.05, 4.69) is 6.92 Å². The topological polar surface area (TPSA) is 74.6 Å². The quantitative estimate of drug-likeness (QED) is 0.270. The Balaban J connectivity index is 3.14. The Kier molecular flexibility index (Phi) is 15.3. The van der Waals surface area contributed by atoms with E-state index in [0.29, 0.717) is 6.42 Å².